The van der Waals surface area contributed by atoms with Crippen LogP contribution in [-0.2, 0) is 9.53 Å². The predicted octanol–water partition coefficient (Wildman–Crippen LogP) is 2.66. The predicted molar refractivity (Wildman–Crippen MR) is 74.3 cm³/mol. The molecule has 2 heterocycles. The van der Waals surface area contributed by atoms with Crippen LogP contribution in [0.4, 0.5) is 0 Å². The average Bonchev–Trinajstić information content (AvgIpc) is 2.26. The van der Waals surface area contributed by atoms with Crippen molar-refractivity contribution in [2.75, 3.05) is 13.2 Å². The lowest BCUT2D eigenvalue weighted by Gasteiger charge is -2.44. The monoisotopic (exact) mass is 269 g/mol. The van der Waals surface area contributed by atoms with E-state index >= 15 is 0 Å². The van der Waals surface area contributed by atoms with Crippen molar-refractivity contribution in [3.8, 4) is 0 Å². The Labute approximate surface area is 116 Å². The molecule has 0 aromatic heterocycles. The van der Waals surface area contributed by atoms with Crippen molar-refractivity contribution in [2.45, 2.75) is 76.5 Å². The zero-order valence-electron chi connectivity index (χ0n) is 12.2. The van der Waals surface area contributed by atoms with Gasteiger partial charge in [0.1, 0.15) is 6.04 Å². The van der Waals surface area contributed by atoms with Gasteiger partial charge in [0.2, 0.25) is 0 Å². The van der Waals surface area contributed by atoms with E-state index in [4.69, 9.17) is 4.74 Å². The molecule has 0 saturated carbocycles. The van der Waals surface area contributed by atoms with E-state index in [1.165, 1.54) is 12.8 Å². The molecule has 0 aliphatic carbocycles. The standard InChI is InChI=1S/C15H27NO3/c1-15(2)11-12(8-10-19-15)16-9-6-4-3-5-7-13(16)14(17)18/h12-13H,3-11H2,1-2H3,(H,17,18). The van der Waals surface area contributed by atoms with E-state index in [2.05, 4.69) is 18.7 Å². The lowest BCUT2D eigenvalue weighted by molar-refractivity contribution is -0.148. The van der Waals surface area contributed by atoms with E-state index in [-0.39, 0.29) is 11.6 Å². The minimum atomic E-state index is -0.647. The topological polar surface area (TPSA) is 49.8 Å². The molecule has 2 fully saturated rings. The van der Waals surface area contributed by atoms with Crippen molar-refractivity contribution in [2.24, 2.45) is 0 Å². The van der Waals surface area contributed by atoms with Crippen molar-refractivity contribution < 1.29 is 14.6 Å². The first-order valence-electron chi connectivity index (χ1n) is 7.62. The summed E-state index contributed by atoms with van der Waals surface area (Å²) in [6.45, 7) is 5.90. The lowest BCUT2D eigenvalue weighted by atomic mass is 9.90. The summed E-state index contributed by atoms with van der Waals surface area (Å²) in [6, 6.07) is 0.0714. The van der Waals surface area contributed by atoms with Crippen molar-refractivity contribution in [3.63, 3.8) is 0 Å². The molecule has 2 atom stereocenters. The molecule has 2 aliphatic heterocycles. The average molecular weight is 269 g/mol. The van der Waals surface area contributed by atoms with Gasteiger partial charge < -0.3 is 9.84 Å². The summed E-state index contributed by atoms with van der Waals surface area (Å²) in [5.74, 6) is -0.647. The molecule has 0 aromatic carbocycles. The highest BCUT2D eigenvalue weighted by Crippen LogP contribution is 2.30. The van der Waals surface area contributed by atoms with Gasteiger partial charge in [-0.25, -0.2) is 0 Å². The van der Waals surface area contributed by atoms with Gasteiger partial charge in [0.05, 0.1) is 5.60 Å². The maximum absolute atomic E-state index is 11.6. The smallest absolute Gasteiger partial charge is 0.320 e. The third-order valence-corrected chi connectivity index (χ3v) is 4.47. The van der Waals surface area contributed by atoms with E-state index in [0.717, 1.165) is 45.3 Å². The van der Waals surface area contributed by atoms with Crippen LogP contribution < -0.4 is 0 Å². The van der Waals surface area contributed by atoms with Crippen molar-refractivity contribution in [3.05, 3.63) is 0 Å². The van der Waals surface area contributed by atoms with Crippen LogP contribution in [0.3, 0.4) is 0 Å². The van der Waals surface area contributed by atoms with Crippen LogP contribution in [0.25, 0.3) is 0 Å². The van der Waals surface area contributed by atoms with Gasteiger partial charge in [0, 0.05) is 12.6 Å². The summed E-state index contributed by atoms with van der Waals surface area (Å²) in [5, 5.41) is 9.51. The van der Waals surface area contributed by atoms with Gasteiger partial charge in [-0.2, -0.15) is 0 Å². The van der Waals surface area contributed by atoms with Crippen LogP contribution in [0.2, 0.25) is 0 Å². The highest BCUT2D eigenvalue weighted by atomic mass is 16.5. The first-order chi connectivity index (χ1) is 8.99. The zero-order valence-corrected chi connectivity index (χ0v) is 12.2. The summed E-state index contributed by atoms with van der Waals surface area (Å²) in [6.07, 6.45) is 7.28. The minimum absolute atomic E-state index is 0.117. The van der Waals surface area contributed by atoms with Crippen LogP contribution in [0.15, 0.2) is 0 Å². The second-order valence-corrected chi connectivity index (χ2v) is 6.55. The Bertz CT molecular complexity index is 317. The maximum atomic E-state index is 11.6. The van der Waals surface area contributed by atoms with Gasteiger partial charge in [-0.1, -0.05) is 19.3 Å². The highest BCUT2D eigenvalue weighted by molar-refractivity contribution is 5.73. The first-order valence-corrected chi connectivity index (χ1v) is 7.62. The molecule has 0 amide bonds. The molecule has 2 rings (SSSR count). The Hall–Kier alpha value is -0.610. The summed E-state index contributed by atoms with van der Waals surface area (Å²) >= 11 is 0. The summed E-state index contributed by atoms with van der Waals surface area (Å²) in [4.78, 5) is 13.8. The second kappa shape index (κ2) is 6.23. The number of rotatable bonds is 2. The molecule has 19 heavy (non-hydrogen) atoms. The number of aliphatic carboxylic acids is 1. The summed E-state index contributed by atoms with van der Waals surface area (Å²) in [7, 11) is 0. The molecular formula is C15H27NO3. The Morgan fingerprint density at radius 2 is 1.95 bits per heavy atom. The fourth-order valence-electron chi connectivity index (χ4n) is 3.49. The number of carbonyl (C=O) groups is 1. The van der Waals surface area contributed by atoms with Crippen molar-refractivity contribution >= 4 is 5.97 Å². The zero-order chi connectivity index (χ0) is 13.9. The van der Waals surface area contributed by atoms with Gasteiger partial charge in [-0.05, 0) is 46.1 Å². The number of likely N-dealkylation sites (tertiary alicyclic amines) is 1. The lowest BCUT2D eigenvalue weighted by Crippen LogP contribution is -2.53. The molecule has 4 heteroatoms. The SMILES string of the molecule is CC1(C)CC(N2CCCCCCC2C(=O)O)CCO1. The second-order valence-electron chi connectivity index (χ2n) is 6.55. The largest absolute Gasteiger partial charge is 0.480 e. The van der Waals surface area contributed by atoms with Gasteiger partial charge in [-0.15, -0.1) is 0 Å². The van der Waals surface area contributed by atoms with E-state index < -0.39 is 5.97 Å². The fraction of sp³-hybridized carbons (Fsp3) is 0.933. The molecule has 2 aliphatic rings. The molecule has 0 radical (unpaired) electrons. The fourth-order valence-corrected chi connectivity index (χ4v) is 3.49. The quantitative estimate of drug-likeness (QED) is 0.837. The maximum Gasteiger partial charge on any atom is 0.320 e. The number of nitrogens with zero attached hydrogens (tertiary/aromatic N) is 1. The molecule has 0 bridgehead atoms. The molecular weight excluding hydrogens is 242 g/mol. The van der Waals surface area contributed by atoms with Crippen LogP contribution in [-0.4, -0.2) is 46.8 Å². The number of hydrogen-bond donors (Lipinski definition) is 1. The molecule has 1 N–H and O–H groups in total. The summed E-state index contributed by atoms with van der Waals surface area (Å²) < 4.78 is 5.76. The number of ether oxygens (including phenoxy) is 1. The number of carboxylic acids is 1. The van der Waals surface area contributed by atoms with E-state index in [1.807, 2.05) is 0 Å². The normalized spacial score (nSPS) is 33.4. The number of hydrogen-bond acceptors (Lipinski definition) is 3. The van der Waals surface area contributed by atoms with Crippen molar-refractivity contribution in [1.82, 2.24) is 4.90 Å². The van der Waals surface area contributed by atoms with E-state index in [9.17, 15) is 9.90 Å². The summed E-state index contributed by atoms with van der Waals surface area (Å²) in [5.41, 5.74) is -0.117. The number of carboxylic acid groups (broad SMARTS) is 1. The van der Waals surface area contributed by atoms with E-state index in [0.29, 0.717) is 6.04 Å². The van der Waals surface area contributed by atoms with Crippen LogP contribution in [0, 0.1) is 0 Å². The van der Waals surface area contributed by atoms with Crippen LogP contribution in [0.1, 0.15) is 58.8 Å². The third-order valence-electron chi connectivity index (χ3n) is 4.47. The molecule has 4 nitrogen and oxygen atoms in total. The molecule has 2 unspecified atom stereocenters. The first kappa shape index (κ1) is 14.8. The van der Waals surface area contributed by atoms with Gasteiger partial charge in [0.15, 0.2) is 0 Å². The molecule has 110 valence electrons. The molecule has 2 saturated heterocycles. The van der Waals surface area contributed by atoms with Gasteiger partial charge in [0.25, 0.3) is 0 Å². The van der Waals surface area contributed by atoms with E-state index in [1.54, 1.807) is 0 Å². The Morgan fingerprint density at radius 1 is 1.21 bits per heavy atom. The van der Waals surface area contributed by atoms with Crippen molar-refractivity contribution in [1.29, 1.82) is 0 Å². The van der Waals surface area contributed by atoms with Crippen LogP contribution >= 0.6 is 0 Å². The minimum Gasteiger partial charge on any atom is -0.480 e. The molecule has 0 spiro atoms. The Morgan fingerprint density at radius 3 is 2.63 bits per heavy atom. The molecule has 0 aromatic rings. The third kappa shape index (κ3) is 3.93. The van der Waals surface area contributed by atoms with Gasteiger partial charge >= 0.3 is 5.97 Å². The van der Waals surface area contributed by atoms with Gasteiger partial charge in [-0.3, -0.25) is 9.69 Å². The highest BCUT2D eigenvalue weighted by Gasteiger charge is 2.37. The Kier molecular flexibility index (Phi) is 4.85. The van der Waals surface area contributed by atoms with Crippen LogP contribution in [0.5, 0.6) is 0 Å². The Balaban J connectivity index is 2.09.